The summed E-state index contributed by atoms with van der Waals surface area (Å²) in [6.07, 6.45) is 26.1. The van der Waals surface area contributed by atoms with Crippen LogP contribution in [0.15, 0.2) is 48.1 Å². The summed E-state index contributed by atoms with van der Waals surface area (Å²) in [7, 11) is 0. The molecule has 0 spiro atoms. The Morgan fingerprint density at radius 3 is 2.04 bits per heavy atom. The Morgan fingerprint density at radius 2 is 1.37 bits per heavy atom. The lowest BCUT2D eigenvalue weighted by atomic mass is 9.68. The average molecular weight is 363 g/mol. The second-order valence-corrected chi connectivity index (χ2v) is 8.57. The molecule has 1 aromatic rings. The zero-order valence-electron chi connectivity index (χ0n) is 17.6. The number of unbranched alkanes of at least 4 members (excludes halogenated alkanes) is 8. The fraction of sp³-hybridized carbons (Fsp3) is 0.556. The van der Waals surface area contributed by atoms with Gasteiger partial charge < -0.3 is 0 Å². The molecule has 0 saturated heterocycles. The molecule has 27 heavy (non-hydrogen) atoms. The van der Waals surface area contributed by atoms with Crippen molar-refractivity contribution in [1.29, 1.82) is 0 Å². The van der Waals surface area contributed by atoms with Crippen LogP contribution in [-0.2, 0) is 0 Å². The number of hydrogen-bond donors (Lipinski definition) is 0. The van der Waals surface area contributed by atoms with Gasteiger partial charge in [-0.1, -0.05) is 121 Å². The zero-order chi connectivity index (χ0) is 19.0. The van der Waals surface area contributed by atoms with Gasteiger partial charge in [0, 0.05) is 5.41 Å². The van der Waals surface area contributed by atoms with Gasteiger partial charge >= 0.3 is 0 Å². The summed E-state index contributed by atoms with van der Waals surface area (Å²) in [6, 6.07) is 8.95. The zero-order valence-corrected chi connectivity index (χ0v) is 17.6. The molecule has 0 heteroatoms. The van der Waals surface area contributed by atoms with Crippen molar-refractivity contribution >= 4 is 11.6 Å². The minimum absolute atomic E-state index is 0.265. The molecule has 0 nitrogen and oxygen atoms in total. The molecule has 0 amide bonds. The smallest absolute Gasteiger partial charge is 0.0141 e. The van der Waals surface area contributed by atoms with E-state index in [-0.39, 0.29) is 5.41 Å². The molecule has 0 aromatic heterocycles. The Bertz CT molecular complexity index is 672. The number of rotatable bonds is 12. The van der Waals surface area contributed by atoms with Crippen LogP contribution < -0.4 is 0 Å². The van der Waals surface area contributed by atoms with Crippen LogP contribution in [0.5, 0.6) is 0 Å². The molecule has 1 aromatic carbocycles. The Labute approximate surface area is 167 Å². The van der Waals surface area contributed by atoms with Crippen LogP contribution in [0.25, 0.3) is 11.6 Å². The summed E-state index contributed by atoms with van der Waals surface area (Å²) < 4.78 is 0. The van der Waals surface area contributed by atoms with Gasteiger partial charge in [0.05, 0.1) is 0 Å². The van der Waals surface area contributed by atoms with Crippen molar-refractivity contribution in [2.75, 3.05) is 0 Å². The molecule has 0 saturated carbocycles. The van der Waals surface area contributed by atoms with Crippen molar-refractivity contribution in [2.45, 2.75) is 90.9 Å². The van der Waals surface area contributed by atoms with Crippen LogP contribution in [-0.4, -0.2) is 0 Å². The fourth-order valence-electron chi connectivity index (χ4n) is 4.91. The number of hydrogen-bond acceptors (Lipinski definition) is 0. The number of benzene rings is 1. The van der Waals surface area contributed by atoms with Crippen LogP contribution in [0.3, 0.4) is 0 Å². The van der Waals surface area contributed by atoms with Crippen LogP contribution in [0, 0.1) is 5.41 Å². The lowest BCUT2D eigenvalue weighted by Crippen LogP contribution is -2.23. The maximum Gasteiger partial charge on any atom is 0.0141 e. The quantitative estimate of drug-likeness (QED) is 0.326. The molecule has 0 bridgehead atoms. The average Bonchev–Trinajstić information content (AvgIpc) is 3.08. The van der Waals surface area contributed by atoms with Crippen molar-refractivity contribution in [3.8, 4) is 0 Å². The van der Waals surface area contributed by atoms with Crippen molar-refractivity contribution in [3.63, 3.8) is 0 Å². The highest BCUT2D eigenvalue weighted by Gasteiger charge is 2.37. The van der Waals surface area contributed by atoms with Gasteiger partial charge in [-0.05, 0) is 41.2 Å². The molecule has 0 N–H and O–H groups in total. The molecule has 0 radical (unpaired) electrons. The Hall–Kier alpha value is -1.56. The van der Waals surface area contributed by atoms with E-state index in [4.69, 9.17) is 0 Å². The predicted molar refractivity (Wildman–Crippen MR) is 121 cm³/mol. The van der Waals surface area contributed by atoms with Crippen molar-refractivity contribution in [2.24, 2.45) is 5.41 Å². The molecular formula is C27H38. The minimum Gasteiger partial charge on any atom is -0.0739 e. The van der Waals surface area contributed by atoms with E-state index in [0.717, 1.165) is 0 Å². The van der Waals surface area contributed by atoms with Gasteiger partial charge in [-0.25, -0.2) is 0 Å². The number of allylic oxidation sites excluding steroid dienone is 5. The van der Waals surface area contributed by atoms with Crippen LogP contribution in [0.4, 0.5) is 0 Å². The summed E-state index contributed by atoms with van der Waals surface area (Å²) >= 11 is 0. The predicted octanol–water partition coefficient (Wildman–Crippen LogP) is 8.74. The minimum atomic E-state index is 0.265. The fourth-order valence-corrected chi connectivity index (χ4v) is 4.91. The first-order valence-corrected chi connectivity index (χ1v) is 11.5. The van der Waals surface area contributed by atoms with E-state index >= 15 is 0 Å². The van der Waals surface area contributed by atoms with Crippen molar-refractivity contribution in [3.05, 3.63) is 59.2 Å². The highest BCUT2D eigenvalue weighted by molar-refractivity contribution is 5.97. The Kier molecular flexibility index (Phi) is 7.56. The van der Waals surface area contributed by atoms with Crippen molar-refractivity contribution < 1.29 is 0 Å². The summed E-state index contributed by atoms with van der Waals surface area (Å²) in [5, 5.41) is 0. The molecule has 0 heterocycles. The standard InChI is InChI=1S/C27H38/c1-3-5-7-9-13-19-27(20-14-10-8-6-4-2)21-15-18-25-24-17-12-11-16-23(24)22-26(25)27/h11-12,15-18,21-22H,3-10,13-14,19-20H2,1-2H3. The summed E-state index contributed by atoms with van der Waals surface area (Å²) in [6.45, 7) is 4.61. The monoisotopic (exact) mass is 362 g/mol. The summed E-state index contributed by atoms with van der Waals surface area (Å²) in [5.41, 5.74) is 6.23. The number of fused-ring (bicyclic) bond motifs is 3. The van der Waals surface area contributed by atoms with E-state index in [1.54, 1.807) is 5.57 Å². The first-order valence-electron chi connectivity index (χ1n) is 11.5. The molecule has 2 aliphatic rings. The molecule has 2 aliphatic carbocycles. The second-order valence-electron chi connectivity index (χ2n) is 8.57. The van der Waals surface area contributed by atoms with E-state index in [1.807, 2.05) is 0 Å². The summed E-state index contributed by atoms with van der Waals surface area (Å²) in [5.74, 6) is 0. The topological polar surface area (TPSA) is 0 Å². The van der Waals surface area contributed by atoms with E-state index < -0.39 is 0 Å². The molecule has 146 valence electrons. The molecule has 0 unspecified atom stereocenters. The van der Waals surface area contributed by atoms with E-state index in [9.17, 15) is 0 Å². The van der Waals surface area contributed by atoms with Gasteiger partial charge in [0.15, 0.2) is 0 Å². The summed E-state index contributed by atoms with van der Waals surface area (Å²) in [4.78, 5) is 0. The Morgan fingerprint density at radius 1 is 0.741 bits per heavy atom. The van der Waals surface area contributed by atoms with Crippen LogP contribution in [0.1, 0.15) is 102 Å². The van der Waals surface area contributed by atoms with Gasteiger partial charge in [-0.2, -0.15) is 0 Å². The molecule has 3 rings (SSSR count). The molecular weight excluding hydrogens is 324 g/mol. The molecule has 0 aliphatic heterocycles. The van der Waals surface area contributed by atoms with Gasteiger partial charge in [-0.15, -0.1) is 0 Å². The van der Waals surface area contributed by atoms with Crippen molar-refractivity contribution in [1.82, 2.24) is 0 Å². The van der Waals surface area contributed by atoms with Gasteiger partial charge in [0.2, 0.25) is 0 Å². The highest BCUT2D eigenvalue weighted by atomic mass is 14.4. The lowest BCUT2D eigenvalue weighted by molar-refractivity contribution is 0.360. The van der Waals surface area contributed by atoms with Crippen LogP contribution >= 0.6 is 0 Å². The SMILES string of the molecule is CCCCCCCC1(CCCCCCC)C=CC=C2C1=Cc1ccccc12. The van der Waals surface area contributed by atoms with Gasteiger partial charge in [0.1, 0.15) is 0 Å². The van der Waals surface area contributed by atoms with Crippen LogP contribution in [0.2, 0.25) is 0 Å². The maximum absolute atomic E-state index is 2.55. The molecule has 0 atom stereocenters. The molecule has 0 fully saturated rings. The van der Waals surface area contributed by atoms with E-state index in [2.05, 4.69) is 62.4 Å². The lowest BCUT2D eigenvalue weighted by Gasteiger charge is -2.36. The second kappa shape index (κ2) is 10.1. The first kappa shape index (κ1) is 20.2. The first-order chi connectivity index (χ1) is 13.3. The van der Waals surface area contributed by atoms with E-state index in [0.29, 0.717) is 0 Å². The third-order valence-corrected chi connectivity index (χ3v) is 6.51. The Balaban J connectivity index is 1.73. The normalized spacial score (nSPS) is 16.7. The highest BCUT2D eigenvalue weighted by Crippen LogP contribution is 2.52. The van der Waals surface area contributed by atoms with Gasteiger partial charge in [-0.3, -0.25) is 0 Å². The largest absolute Gasteiger partial charge is 0.0739 e. The maximum atomic E-state index is 2.55. The van der Waals surface area contributed by atoms with E-state index in [1.165, 1.54) is 93.7 Å². The third kappa shape index (κ3) is 4.84. The third-order valence-electron chi connectivity index (χ3n) is 6.51. The van der Waals surface area contributed by atoms with Gasteiger partial charge in [0.25, 0.3) is 0 Å².